The van der Waals surface area contributed by atoms with Crippen molar-refractivity contribution in [1.29, 1.82) is 0 Å². The van der Waals surface area contributed by atoms with Gasteiger partial charge in [-0.05, 0) is 54.8 Å². The van der Waals surface area contributed by atoms with Gasteiger partial charge in [-0.2, -0.15) is 0 Å². The lowest BCUT2D eigenvalue weighted by Gasteiger charge is -2.34. The van der Waals surface area contributed by atoms with Crippen LogP contribution in [-0.4, -0.2) is 23.1 Å². The van der Waals surface area contributed by atoms with Crippen LogP contribution in [0.4, 0.5) is 5.69 Å². The Balaban J connectivity index is 1.62. The number of esters is 1. The summed E-state index contributed by atoms with van der Waals surface area (Å²) in [4.78, 5) is 24.0. The molecule has 0 saturated heterocycles. The fourth-order valence-corrected chi connectivity index (χ4v) is 4.14. The predicted molar refractivity (Wildman–Crippen MR) is 103 cm³/mol. The molecule has 2 aliphatic rings. The van der Waals surface area contributed by atoms with Crippen LogP contribution in [0.5, 0.6) is 5.75 Å². The monoisotopic (exact) mass is 383 g/mol. The molecule has 2 aromatic carbocycles. The van der Waals surface area contributed by atoms with Gasteiger partial charge in [0.15, 0.2) is 0 Å². The Hall–Kier alpha value is -2.79. The van der Waals surface area contributed by atoms with Crippen molar-refractivity contribution >= 4 is 29.2 Å². The molecule has 1 aliphatic heterocycles. The van der Waals surface area contributed by atoms with Gasteiger partial charge in [0.2, 0.25) is 0 Å². The number of hydrogen-bond donors (Lipinski definition) is 2. The molecule has 0 saturated carbocycles. The van der Waals surface area contributed by atoms with Crippen LogP contribution in [0.3, 0.4) is 0 Å². The maximum absolute atomic E-state index is 12.5. The number of carbonyl (C=O) groups excluding carboxylic acids is 1. The molecule has 5 nitrogen and oxygen atoms in total. The lowest BCUT2D eigenvalue weighted by atomic mass is 9.79. The molecule has 6 heteroatoms. The van der Waals surface area contributed by atoms with Gasteiger partial charge in [0.25, 0.3) is 0 Å². The van der Waals surface area contributed by atoms with Crippen molar-refractivity contribution in [3.05, 3.63) is 70.3 Å². The van der Waals surface area contributed by atoms with Crippen molar-refractivity contribution in [2.75, 3.05) is 5.32 Å². The number of allylic oxidation sites excluding steroid dienone is 2. The third-order valence-corrected chi connectivity index (χ3v) is 5.47. The van der Waals surface area contributed by atoms with E-state index < -0.39 is 18.0 Å². The Morgan fingerprint density at radius 2 is 2.04 bits per heavy atom. The van der Waals surface area contributed by atoms with Gasteiger partial charge in [-0.3, -0.25) is 0 Å². The van der Waals surface area contributed by atoms with E-state index in [2.05, 4.69) is 5.32 Å². The van der Waals surface area contributed by atoms with E-state index >= 15 is 0 Å². The molecule has 0 radical (unpaired) electrons. The largest absolute Gasteiger partial charge is 0.480 e. The number of halogens is 1. The molecule has 3 unspecified atom stereocenters. The van der Waals surface area contributed by atoms with Crippen LogP contribution in [0.25, 0.3) is 0 Å². The number of carboxylic acids is 1. The van der Waals surface area contributed by atoms with Crippen LogP contribution in [0.2, 0.25) is 5.02 Å². The van der Waals surface area contributed by atoms with E-state index in [1.165, 1.54) is 0 Å². The minimum Gasteiger partial charge on any atom is -0.480 e. The van der Waals surface area contributed by atoms with Crippen molar-refractivity contribution < 1.29 is 19.4 Å². The van der Waals surface area contributed by atoms with Gasteiger partial charge in [0, 0.05) is 17.5 Å². The van der Waals surface area contributed by atoms with Gasteiger partial charge in [-0.25, -0.2) is 9.59 Å². The van der Waals surface area contributed by atoms with Crippen LogP contribution in [0.15, 0.2) is 48.6 Å². The molecule has 0 fully saturated rings. The Kier molecular flexibility index (Phi) is 4.40. The lowest BCUT2D eigenvalue weighted by Crippen LogP contribution is -2.41. The van der Waals surface area contributed by atoms with Crippen LogP contribution in [0, 0.1) is 12.8 Å². The van der Waals surface area contributed by atoms with E-state index in [0.29, 0.717) is 22.8 Å². The molecule has 2 N–H and O–H groups in total. The molecular formula is C21H18ClNO4. The van der Waals surface area contributed by atoms with E-state index in [1.807, 2.05) is 19.1 Å². The summed E-state index contributed by atoms with van der Waals surface area (Å²) in [7, 11) is 0. The van der Waals surface area contributed by atoms with Gasteiger partial charge < -0.3 is 15.2 Å². The quantitative estimate of drug-likeness (QED) is 0.466. The molecule has 0 bridgehead atoms. The summed E-state index contributed by atoms with van der Waals surface area (Å²) in [6.07, 6.45) is 4.74. The third-order valence-electron chi connectivity index (χ3n) is 5.16. The minimum atomic E-state index is -0.858. The first-order valence-electron chi connectivity index (χ1n) is 8.72. The summed E-state index contributed by atoms with van der Waals surface area (Å²) in [5, 5.41) is 12.9. The zero-order chi connectivity index (χ0) is 19.1. The number of benzene rings is 2. The average molecular weight is 384 g/mol. The third kappa shape index (κ3) is 3.19. The first kappa shape index (κ1) is 17.6. The fourth-order valence-electron chi connectivity index (χ4n) is 3.83. The molecule has 1 heterocycles. The highest BCUT2D eigenvalue weighted by molar-refractivity contribution is 6.33. The zero-order valence-corrected chi connectivity index (χ0v) is 15.4. The summed E-state index contributed by atoms with van der Waals surface area (Å²) >= 11 is 6.15. The Morgan fingerprint density at radius 3 is 2.78 bits per heavy atom. The molecule has 3 atom stereocenters. The zero-order valence-electron chi connectivity index (χ0n) is 14.6. The van der Waals surface area contributed by atoms with Crippen LogP contribution in [0.1, 0.15) is 33.8 Å². The van der Waals surface area contributed by atoms with Crippen molar-refractivity contribution in [2.24, 2.45) is 5.92 Å². The number of aliphatic carboxylic acids is 1. The number of ether oxygens (including phenoxy) is 1. The highest BCUT2D eigenvalue weighted by Crippen LogP contribution is 2.45. The summed E-state index contributed by atoms with van der Waals surface area (Å²) in [5.74, 6) is -1.03. The van der Waals surface area contributed by atoms with Crippen molar-refractivity contribution in [3.63, 3.8) is 0 Å². The van der Waals surface area contributed by atoms with Gasteiger partial charge in [-0.1, -0.05) is 29.8 Å². The smallest absolute Gasteiger partial charge is 0.345 e. The average Bonchev–Trinajstić information content (AvgIpc) is 3.10. The van der Waals surface area contributed by atoms with E-state index in [4.69, 9.17) is 16.3 Å². The van der Waals surface area contributed by atoms with Gasteiger partial charge in [-0.15, -0.1) is 0 Å². The Bertz CT molecular complexity index is 969. The summed E-state index contributed by atoms with van der Waals surface area (Å²) in [6.45, 7) is 1.90. The van der Waals surface area contributed by atoms with E-state index in [9.17, 15) is 14.7 Å². The lowest BCUT2D eigenvalue weighted by molar-refractivity contribution is -0.139. The second-order valence-electron chi connectivity index (χ2n) is 6.94. The van der Waals surface area contributed by atoms with Crippen LogP contribution in [-0.2, 0) is 4.79 Å². The number of carbonyl (C=O) groups is 2. The molecule has 138 valence electrons. The second kappa shape index (κ2) is 6.74. The van der Waals surface area contributed by atoms with E-state index in [0.717, 1.165) is 16.8 Å². The predicted octanol–water partition coefficient (Wildman–Crippen LogP) is 4.41. The number of fused-ring (bicyclic) bond motifs is 3. The minimum absolute atomic E-state index is 0.0102. The summed E-state index contributed by atoms with van der Waals surface area (Å²) in [5.41, 5.74) is 2.96. The Morgan fingerprint density at radius 1 is 1.22 bits per heavy atom. The first-order chi connectivity index (χ1) is 12.9. The van der Waals surface area contributed by atoms with Gasteiger partial charge in [0.1, 0.15) is 11.8 Å². The molecule has 0 aromatic heterocycles. The van der Waals surface area contributed by atoms with Gasteiger partial charge >= 0.3 is 11.9 Å². The van der Waals surface area contributed by atoms with Crippen molar-refractivity contribution in [3.8, 4) is 5.75 Å². The highest BCUT2D eigenvalue weighted by Gasteiger charge is 2.40. The first-order valence-corrected chi connectivity index (χ1v) is 9.10. The van der Waals surface area contributed by atoms with E-state index in [1.54, 1.807) is 36.4 Å². The standard InChI is InChI=1S/C21H18ClNO4/c1-11-5-7-15(17(22)9-11)21(26)27-12-6-8-18-16(10-12)13-3-2-4-14(13)19(23-18)20(24)25/h2-3,5-10,13-14,19,23H,4H2,1H3,(H,24,25). The van der Waals surface area contributed by atoms with Crippen molar-refractivity contribution in [1.82, 2.24) is 0 Å². The highest BCUT2D eigenvalue weighted by atomic mass is 35.5. The summed E-state index contributed by atoms with van der Waals surface area (Å²) in [6, 6.07) is 9.75. The normalized spacial score (nSPS) is 22.5. The maximum Gasteiger partial charge on any atom is 0.345 e. The topological polar surface area (TPSA) is 75.6 Å². The molecule has 2 aromatic rings. The summed E-state index contributed by atoms with van der Waals surface area (Å²) < 4.78 is 5.52. The van der Waals surface area contributed by atoms with Crippen molar-refractivity contribution in [2.45, 2.75) is 25.3 Å². The van der Waals surface area contributed by atoms with Gasteiger partial charge in [0.05, 0.1) is 10.6 Å². The molecule has 0 spiro atoms. The fraction of sp³-hybridized carbons (Fsp3) is 0.238. The number of aryl methyl sites for hydroxylation is 1. The Labute approximate surface area is 161 Å². The molecule has 4 rings (SSSR count). The number of nitrogens with one attached hydrogen (secondary N) is 1. The molecule has 0 amide bonds. The number of hydrogen-bond acceptors (Lipinski definition) is 4. The van der Waals surface area contributed by atoms with Crippen LogP contribution >= 0.6 is 11.6 Å². The molecule has 1 aliphatic carbocycles. The van der Waals surface area contributed by atoms with E-state index in [-0.39, 0.29) is 11.8 Å². The second-order valence-corrected chi connectivity index (χ2v) is 7.34. The number of anilines is 1. The number of rotatable bonds is 3. The SMILES string of the molecule is Cc1ccc(C(=O)Oc2ccc3c(c2)C2C=CCC2C(C(=O)O)N3)c(Cl)c1. The number of carboxylic acid groups (broad SMARTS) is 1. The molecule has 27 heavy (non-hydrogen) atoms. The maximum atomic E-state index is 12.5. The molecular weight excluding hydrogens is 366 g/mol. The van der Waals surface area contributed by atoms with Crippen LogP contribution < -0.4 is 10.1 Å².